The van der Waals surface area contributed by atoms with Gasteiger partial charge in [0.1, 0.15) is 0 Å². The van der Waals surface area contributed by atoms with Gasteiger partial charge in [0.15, 0.2) is 18.9 Å². The van der Waals surface area contributed by atoms with Crippen molar-refractivity contribution in [3.63, 3.8) is 0 Å². The number of hydrogen-bond acceptors (Lipinski definition) is 7. The third kappa shape index (κ3) is 13.9. The average Bonchev–Trinajstić information content (AvgIpc) is 2.65. The summed E-state index contributed by atoms with van der Waals surface area (Å²) in [6.45, 7) is 23.2. The van der Waals surface area contributed by atoms with E-state index in [1.807, 2.05) is 41.5 Å². The molecule has 0 heterocycles. The van der Waals surface area contributed by atoms with E-state index in [-0.39, 0.29) is 19.8 Å². The third-order valence-corrected chi connectivity index (χ3v) is 4.77. The van der Waals surface area contributed by atoms with Gasteiger partial charge in [-0.3, -0.25) is 13.6 Å². The minimum Gasteiger partial charge on any atom is -0.348 e. The SMILES string of the molecule is C=C(C)COC(CC)OP(=O)(OC(CC)OCC(=C)C)OC(CC)OCC(=C)C. The van der Waals surface area contributed by atoms with E-state index in [4.69, 9.17) is 27.8 Å². The van der Waals surface area contributed by atoms with E-state index in [1.54, 1.807) is 0 Å². The van der Waals surface area contributed by atoms with Crippen LogP contribution in [0.3, 0.4) is 0 Å². The monoisotopic (exact) mass is 434 g/mol. The summed E-state index contributed by atoms with van der Waals surface area (Å²) in [5, 5.41) is 0. The predicted molar refractivity (Wildman–Crippen MR) is 115 cm³/mol. The Morgan fingerprint density at radius 2 is 0.897 bits per heavy atom. The van der Waals surface area contributed by atoms with E-state index in [2.05, 4.69) is 19.7 Å². The fourth-order valence-corrected chi connectivity index (χ4v) is 3.52. The maximum absolute atomic E-state index is 13.5. The van der Waals surface area contributed by atoms with Crippen LogP contribution >= 0.6 is 7.82 Å². The third-order valence-electron chi connectivity index (χ3n) is 3.29. The second-order valence-corrected chi connectivity index (χ2v) is 8.61. The zero-order chi connectivity index (χ0) is 22.4. The fourth-order valence-electron chi connectivity index (χ4n) is 1.88. The molecule has 0 amide bonds. The van der Waals surface area contributed by atoms with E-state index in [0.29, 0.717) is 19.3 Å². The Bertz CT molecular complexity index is 485. The highest BCUT2D eigenvalue weighted by atomic mass is 31.2. The quantitative estimate of drug-likeness (QED) is 0.146. The summed E-state index contributed by atoms with van der Waals surface area (Å²) in [6.07, 6.45) is -1.07. The van der Waals surface area contributed by atoms with E-state index >= 15 is 0 Å². The molecule has 0 aliphatic heterocycles. The number of ether oxygens (including phenoxy) is 3. The first-order valence-corrected chi connectivity index (χ1v) is 11.4. The lowest BCUT2D eigenvalue weighted by Gasteiger charge is -2.29. The summed E-state index contributed by atoms with van der Waals surface area (Å²) in [4.78, 5) is 0. The van der Waals surface area contributed by atoms with Crippen LogP contribution in [0.25, 0.3) is 0 Å². The standard InChI is InChI=1S/C21H39O7P/c1-10-19(23-13-16(4)5)26-29(22,27-20(11-2)24-14-17(6)7)28-21(12-3)25-15-18(8)9/h19-21H,4,6,8,10-15H2,1-3,5,7,9H3. The largest absolute Gasteiger partial charge is 0.481 e. The molecule has 0 saturated heterocycles. The molecule has 0 fully saturated rings. The first-order valence-electron chi connectivity index (χ1n) is 9.98. The Hall–Kier alpha value is -0.790. The molecular formula is C21H39O7P. The fraction of sp³-hybridized carbons (Fsp3) is 0.714. The molecule has 0 saturated carbocycles. The van der Waals surface area contributed by atoms with Crippen molar-refractivity contribution in [1.82, 2.24) is 0 Å². The number of hydrogen-bond donors (Lipinski definition) is 0. The summed E-state index contributed by atoms with van der Waals surface area (Å²) in [7, 11) is -4.08. The minimum absolute atomic E-state index is 0.269. The van der Waals surface area contributed by atoms with Crippen molar-refractivity contribution in [2.24, 2.45) is 0 Å². The van der Waals surface area contributed by atoms with Gasteiger partial charge in [0, 0.05) is 0 Å². The first-order chi connectivity index (χ1) is 13.5. The Kier molecular flexibility index (Phi) is 14.7. The lowest BCUT2D eigenvalue weighted by Crippen LogP contribution is -2.25. The Morgan fingerprint density at radius 1 is 0.655 bits per heavy atom. The highest BCUT2D eigenvalue weighted by Gasteiger charge is 2.37. The zero-order valence-corrected chi connectivity index (χ0v) is 19.8. The van der Waals surface area contributed by atoms with Gasteiger partial charge >= 0.3 is 7.82 Å². The zero-order valence-electron chi connectivity index (χ0n) is 18.9. The van der Waals surface area contributed by atoms with Crippen LogP contribution in [0.2, 0.25) is 0 Å². The second-order valence-electron chi connectivity index (χ2n) is 7.08. The van der Waals surface area contributed by atoms with Crippen LogP contribution in [-0.4, -0.2) is 38.7 Å². The van der Waals surface area contributed by atoms with Gasteiger partial charge in [0.25, 0.3) is 0 Å². The number of rotatable bonds is 18. The molecule has 3 unspecified atom stereocenters. The smallest absolute Gasteiger partial charge is 0.348 e. The average molecular weight is 435 g/mol. The van der Waals surface area contributed by atoms with Crippen molar-refractivity contribution < 1.29 is 32.3 Å². The molecule has 0 aliphatic carbocycles. The van der Waals surface area contributed by atoms with Gasteiger partial charge in [-0.05, 0) is 40.0 Å². The van der Waals surface area contributed by atoms with Gasteiger partial charge in [0.05, 0.1) is 19.8 Å². The molecule has 29 heavy (non-hydrogen) atoms. The normalized spacial score (nSPS) is 16.6. The maximum atomic E-state index is 13.5. The van der Waals surface area contributed by atoms with Gasteiger partial charge in [-0.1, -0.05) is 57.2 Å². The van der Waals surface area contributed by atoms with Crippen molar-refractivity contribution in [2.45, 2.75) is 79.7 Å². The second kappa shape index (κ2) is 15.1. The molecule has 0 rings (SSSR count). The van der Waals surface area contributed by atoms with Crippen molar-refractivity contribution >= 4 is 7.82 Å². The molecular weight excluding hydrogens is 395 g/mol. The summed E-state index contributed by atoms with van der Waals surface area (Å²) in [5.74, 6) is 0. The highest BCUT2D eigenvalue weighted by Crippen LogP contribution is 2.54. The molecule has 170 valence electrons. The van der Waals surface area contributed by atoms with Crippen LogP contribution in [0.4, 0.5) is 0 Å². The number of phosphoric acid groups is 1. The van der Waals surface area contributed by atoms with Gasteiger partial charge in [-0.2, -0.15) is 0 Å². The lowest BCUT2D eigenvalue weighted by molar-refractivity contribution is -0.155. The van der Waals surface area contributed by atoms with Crippen LogP contribution < -0.4 is 0 Å². The van der Waals surface area contributed by atoms with E-state index in [1.165, 1.54) is 0 Å². The summed E-state index contributed by atoms with van der Waals surface area (Å²) >= 11 is 0. The van der Waals surface area contributed by atoms with E-state index in [9.17, 15) is 4.57 Å². The molecule has 0 N–H and O–H groups in total. The molecule has 0 bridgehead atoms. The van der Waals surface area contributed by atoms with Crippen molar-refractivity contribution in [3.8, 4) is 0 Å². The highest BCUT2D eigenvalue weighted by molar-refractivity contribution is 7.48. The lowest BCUT2D eigenvalue weighted by atomic mass is 10.4. The molecule has 0 aliphatic rings. The van der Waals surface area contributed by atoms with Gasteiger partial charge < -0.3 is 14.2 Å². The summed E-state index contributed by atoms with van der Waals surface area (Å²) in [6, 6.07) is 0. The van der Waals surface area contributed by atoms with Crippen LogP contribution in [0.15, 0.2) is 36.5 Å². The summed E-state index contributed by atoms with van der Waals surface area (Å²) < 4.78 is 47.3. The molecule has 0 aromatic rings. The van der Waals surface area contributed by atoms with Crippen LogP contribution in [0.1, 0.15) is 60.8 Å². The topological polar surface area (TPSA) is 72.5 Å². The summed E-state index contributed by atoms with van der Waals surface area (Å²) in [5.41, 5.74) is 2.45. The Balaban J connectivity index is 5.39. The van der Waals surface area contributed by atoms with E-state index in [0.717, 1.165) is 16.7 Å². The van der Waals surface area contributed by atoms with Gasteiger partial charge in [-0.25, -0.2) is 4.57 Å². The van der Waals surface area contributed by atoms with Crippen molar-refractivity contribution in [3.05, 3.63) is 36.5 Å². The molecule has 3 atom stereocenters. The van der Waals surface area contributed by atoms with Gasteiger partial charge in [-0.15, -0.1) is 0 Å². The van der Waals surface area contributed by atoms with Crippen molar-refractivity contribution in [1.29, 1.82) is 0 Å². The molecule has 8 heteroatoms. The first kappa shape index (κ1) is 28.2. The number of phosphoric ester groups is 1. The Labute approximate surface area is 176 Å². The predicted octanol–water partition coefficient (Wildman–Crippen LogP) is 6.13. The molecule has 0 radical (unpaired) electrons. The molecule has 0 aromatic carbocycles. The molecule has 0 aromatic heterocycles. The van der Waals surface area contributed by atoms with E-state index < -0.39 is 26.7 Å². The molecule has 7 nitrogen and oxygen atoms in total. The Morgan fingerprint density at radius 3 is 1.07 bits per heavy atom. The van der Waals surface area contributed by atoms with Crippen LogP contribution in [0, 0.1) is 0 Å². The van der Waals surface area contributed by atoms with Crippen LogP contribution in [0.5, 0.6) is 0 Å². The minimum atomic E-state index is -4.08. The van der Waals surface area contributed by atoms with Crippen molar-refractivity contribution in [2.75, 3.05) is 19.8 Å². The van der Waals surface area contributed by atoms with Gasteiger partial charge in [0.2, 0.25) is 0 Å². The molecule has 0 spiro atoms. The maximum Gasteiger partial charge on any atom is 0.481 e. The van der Waals surface area contributed by atoms with Crippen LogP contribution in [-0.2, 0) is 32.3 Å².